The maximum atomic E-state index is 13.6. The van der Waals surface area contributed by atoms with E-state index in [-0.39, 0.29) is 23.8 Å². The van der Waals surface area contributed by atoms with Crippen LogP contribution in [0.4, 0.5) is 11.4 Å². The summed E-state index contributed by atoms with van der Waals surface area (Å²) in [6, 6.07) is 5.14. The van der Waals surface area contributed by atoms with Gasteiger partial charge in [0.1, 0.15) is 5.75 Å². The van der Waals surface area contributed by atoms with Crippen molar-refractivity contribution in [2.75, 3.05) is 50.5 Å². The van der Waals surface area contributed by atoms with Crippen LogP contribution in [-0.4, -0.2) is 67.4 Å². The van der Waals surface area contributed by atoms with Gasteiger partial charge in [-0.2, -0.15) is 0 Å². The number of anilines is 2. The van der Waals surface area contributed by atoms with Crippen LogP contribution in [0.1, 0.15) is 45.4 Å². The standard InChI is InChI=1S/C26H36N4O4/c1-17(31)27-21-3-4-23(34-2)22(12-21)28-24(32)16-29-5-7-30(8-6-29)25(33)26-13-18-9-19(14-26)11-20(10-18)15-26/h3-4,12,18-20H,5-11,13-16H2,1-2H3,(H,27,31)(H,28,32). The number of hydrogen-bond donors (Lipinski definition) is 2. The summed E-state index contributed by atoms with van der Waals surface area (Å²) in [5.74, 6) is 2.90. The Balaban J connectivity index is 1.14. The molecule has 4 bridgehead atoms. The van der Waals surface area contributed by atoms with Gasteiger partial charge in [-0.25, -0.2) is 0 Å². The Bertz CT molecular complexity index is 934. The Hall–Kier alpha value is -2.61. The Labute approximate surface area is 201 Å². The van der Waals surface area contributed by atoms with Gasteiger partial charge in [-0.1, -0.05) is 0 Å². The predicted molar refractivity (Wildman–Crippen MR) is 130 cm³/mol. The fourth-order valence-electron chi connectivity index (χ4n) is 7.30. The zero-order valence-corrected chi connectivity index (χ0v) is 20.3. The molecule has 3 amide bonds. The fraction of sp³-hybridized carbons (Fsp3) is 0.654. The van der Waals surface area contributed by atoms with Crippen molar-refractivity contribution in [2.24, 2.45) is 23.2 Å². The number of nitrogens with zero attached hydrogens (tertiary/aromatic N) is 2. The molecule has 184 valence electrons. The summed E-state index contributed by atoms with van der Waals surface area (Å²) in [7, 11) is 1.54. The highest BCUT2D eigenvalue weighted by Crippen LogP contribution is 2.60. The van der Waals surface area contributed by atoms with Crippen LogP contribution in [0.25, 0.3) is 0 Å². The number of benzene rings is 1. The minimum atomic E-state index is -0.177. The van der Waals surface area contributed by atoms with Crippen molar-refractivity contribution in [3.05, 3.63) is 18.2 Å². The van der Waals surface area contributed by atoms with Crippen molar-refractivity contribution in [3.63, 3.8) is 0 Å². The van der Waals surface area contributed by atoms with Gasteiger partial charge in [-0.05, 0) is 74.5 Å². The third-order valence-corrected chi connectivity index (χ3v) is 8.31. The van der Waals surface area contributed by atoms with Gasteiger partial charge in [0.05, 0.1) is 24.8 Å². The van der Waals surface area contributed by atoms with Gasteiger partial charge in [-0.3, -0.25) is 19.3 Å². The van der Waals surface area contributed by atoms with Gasteiger partial charge in [0.25, 0.3) is 0 Å². The van der Waals surface area contributed by atoms with Crippen molar-refractivity contribution in [1.82, 2.24) is 9.80 Å². The molecule has 6 rings (SSSR count). The summed E-state index contributed by atoms with van der Waals surface area (Å²) < 4.78 is 5.35. The number of ether oxygens (including phenoxy) is 1. The molecule has 1 heterocycles. The molecule has 0 aromatic heterocycles. The monoisotopic (exact) mass is 468 g/mol. The van der Waals surface area contributed by atoms with E-state index in [2.05, 4.69) is 20.4 Å². The molecule has 4 aliphatic carbocycles. The lowest BCUT2D eigenvalue weighted by molar-refractivity contribution is -0.159. The van der Waals surface area contributed by atoms with E-state index < -0.39 is 0 Å². The summed E-state index contributed by atoms with van der Waals surface area (Å²) >= 11 is 0. The third-order valence-electron chi connectivity index (χ3n) is 8.31. The second-order valence-electron chi connectivity index (χ2n) is 10.9. The van der Waals surface area contributed by atoms with E-state index in [9.17, 15) is 14.4 Å². The summed E-state index contributed by atoms with van der Waals surface area (Å²) in [6.45, 7) is 4.48. The van der Waals surface area contributed by atoms with Crippen LogP contribution in [-0.2, 0) is 14.4 Å². The molecule has 0 unspecified atom stereocenters. The lowest BCUT2D eigenvalue weighted by atomic mass is 9.49. The van der Waals surface area contributed by atoms with Crippen molar-refractivity contribution in [2.45, 2.75) is 45.4 Å². The van der Waals surface area contributed by atoms with E-state index in [0.717, 1.165) is 37.0 Å². The van der Waals surface area contributed by atoms with Gasteiger partial charge < -0.3 is 20.3 Å². The largest absolute Gasteiger partial charge is 0.495 e. The van der Waals surface area contributed by atoms with Crippen LogP contribution >= 0.6 is 0 Å². The second-order valence-corrected chi connectivity index (χ2v) is 10.9. The molecule has 4 saturated carbocycles. The number of methoxy groups -OCH3 is 1. The molecule has 34 heavy (non-hydrogen) atoms. The number of rotatable bonds is 6. The van der Waals surface area contributed by atoms with Crippen molar-refractivity contribution in [1.29, 1.82) is 0 Å². The average Bonchev–Trinajstić information content (AvgIpc) is 2.78. The lowest BCUT2D eigenvalue weighted by Crippen LogP contribution is -2.58. The molecule has 2 N–H and O–H groups in total. The normalized spacial score (nSPS) is 30.2. The Morgan fingerprint density at radius 2 is 1.59 bits per heavy atom. The van der Waals surface area contributed by atoms with Gasteiger partial charge in [0, 0.05) is 38.8 Å². The molecule has 5 aliphatic rings. The Morgan fingerprint density at radius 1 is 0.971 bits per heavy atom. The number of amides is 3. The molecule has 8 nitrogen and oxygen atoms in total. The van der Waals surface area contributed by atoms with Gasteiger partial charge in [-0.15, -0.1) is 0 Å². The van der Waals surface area contributed by atoms with Crippen LogP contribution in [0.2, 0.25) is 0 Å². The molecule has 1 aromatic rings. The SMILES string of the molecule is COc1ccc(NC(C)=O)cc1NC(=O)CN1CCN(C(=O)C23CC4CC(CC(C4)C2)C3)CC1. The third kappa shape index (κ3) is 4.65. The maximum Gasteiger partial charge on any atom is 0.238 e. The van der Waals surface area contributed by atoms with E-state index in [0.29, 0.717) is 49.2 Å². The van der Waals surface area contributed by atoms with Crippen LogP contribution in [0, 0.1) is 23.2 Å². The summed E-state index contributed by atoms with van der Waals surface area (Å²) in [5, 5.41) is 5.63. The smallest absolute Gasteiger partial charge is 0.238 e. The lowest BCUT2D eigenvalue weighted by Gasteiger charge is -2.57. The average molecular weight is 469 g/mol. The topological polar surface area (TPSA) is 91.0 Å². The number of nitrogens with one attached hydrogen (secondary N) is 2. The van der Waals surface area contributed by atoms with Gasteiger partial charge in [0.15, 0.2) is 0 Å². The highest BCUT2D eigenvalue weighted by molar-refractivity contribution is 5.96. The highest BCUT2D eigenvalue weighted by Gasteiger charge is 2.55. The summed E-state index contributed by atoms with van der Waals surface area (Å²) in [6.07, 6.45) is 7.31. The van der Waals surface area contributed by atoms with E-state index in [1.54, 1.807) is 25.3 Å². The first-order valence-corrected chi connectivity index (χ1v) is 12.6. The number of hydrogen-bond acceptors (Lipinski definition) is 5. The summed E-state index contributed by atoms with van der Waals surface area (Å²) in [4.78, 5) is 41.9. The quantitative estimate of drug-likeness (QED) is 0.670. The first-order chi connectivity index (χ1) is 16.3. The van der Waals surface area contributed by atoms with Crippen molar-refractivity contribution < 1.29 is 19.1 Å². The maximum absolute atomic E-state index is 13.6. The molecule has 0 spiro atoms. The molecular formula is C26H36N4O4. The zero-order valence-electron chi connectivity index (χ0n) is 20.3. The molecule has 1 aromatic carbocycles. The summed E-state index contributed by atoms with van der Waals surface area (Å²) in [5.41, 5.74) is 1.03. The molecule has 5 fully saturated rings. The molecule has 8 heteroatoms. The van der Waals surface area contributed by atoms with E-state index in [4.69, 9.17) is 4.74 Å². The Kier molecular flexibility index (Phi) is 6.27. The first-order valence-electron chi connectivity index (χ1n) is 12.6. The minimum absolute atomic E-state index is 0.0935. The Morgan fingerprint density at radius 3 is 2.15 bits per heavy atom. The molecule has 0 atom stereocenters. The second kappa shape index (κ2) is 9.21. The van der Waals surface area contributed by atoms with Crippen LogP contribution < -0.4 is 15.4 Å². The molecule has 1 saturated heterocycles. The van der Waals surface area contributed by atoms with Crippen molar-refractivity contribution in [3.8, 4) is 5.75 Å². The van der Waals surface area contributed by atoms with Crippen molar-refractivity contribution >= 4 is 29.1 Å². The van der Waals surface area contributed by atoms with Gasteiger partial charge >= 0.3 is 0 Å². The molecular weight excluding hydrogens is 432 g/mol. The number of piperazine rings is 1. The number of carbonyl (C=O) groups is 3. The van der Waals surface area contributed by atoms with Crippen LogP contribution in [0.15, 0.2) is 18.2 Å². The first kappa shape index (κ1) is 23.1. The van der Waals surface area contributed by atoms with Gasteiger partial charge in [0.2, 0.25) is 17.7 Å². The minimum Gasteiger partial charge on any atom is -0.495 e. The highest BCUT2D eigenvalue weighted by atomic mass is 16.5. The van der Waals surface area contributed by atoms with Crippen LogP contribution in [0.3, 0.4) is 0 Å². The molecule has 0 radical (unpaired) electrons. The van der Waals surface area contributed by atoms with E-state index >= 15 is 0 Å². The predicted octanol–water partition coefficient (Wildman–Crippen LogP) is 2.95. The molecule has 1 aliphatic heterocycles. The number of carbonyl (C=O) groups excluding carboxylic acids is 3. The zero-order chi connectivity index (χ0) is 23.9. The fourth-order valence-corrected chi connectivity index (χ4v) is 7.30. The van der Waals surface area contributed by atoms with E-state index in [1.807, 2.05) is 0 Å². The van der Waals surface area contributed by atoms with Crippen LogP contribution in [0.5, 0.6) is 5.75 Å². The van der Waals surface area contributed by atoms with E-state index in [1.165, 1.54) is 26.2 Å².